The molecule has 2 nitrogen and oxygen atoms in total. The number of ether oxygens (including phenoxy) is 1. The summed E-state index contributed by atoms with van der Waals surface area (Å²) >= 11 is 0. The molecule has 18 heavy (non-hydrogen) atoms. The standard InChI is InChI=1S/C16H27NO/c1-16(2,3)14-12-13(8-6-7-11-17-4)9-10-15(14)18-5/h9-10,12,17H,6-8,11H2,1-5H3. The monoisotopic (exact) mass is 249 g/mol. The summed E-state index contributed by atoms with van der Waals surface area (Å²) in [5, 5.41) is 3.19. The highest BCUT2D eigenvalue weighted by molar-refractivity contribution is 5.41. The van der Waals surface area contributed by atoms with Gasteiger partial charge >= 0.3 is 0 Å². The van der Waals surface area contributed by atoms with Gasteiger partial charge in [0.15, 0.2) is 0 Å². The van der Waals surface area contributed by atoms with Crippen molar-refractivity contribution in [3.8, 4) is 5.75 Å². The third-order valence-corrected chi connectivity index (χ3v) is 3.21. The number of hydrogen-bond acceptors (Lipinski definition) is 2. The van der Waals surface area contributed by atoms with Crippen molar-refractivity contribution in [1.82, 2.24) is 5.32 Å². The lowest BCUT2D eigenvalue weighted by Crippen LogP contribution is -2.13. The van der Waals surface area contributed by atoms with Crippen LogP contribution < -0.4 is 10.1 Å². The van der Waals surface area contributed by atoms with Gasteiger partial charge in [0.2, 0.25) is 0 Å². The first-order valence-electron chi connectivity index (χ1n) is 6.81. The second-order valence-corrected chi connectivity index (χ2v) is 5.85. The van der Waals surface area contributed by atoms with E-state index in [4.69, 9.17) is 4.74 Å². The molecule has 1 N–H and O–H groups in total. The molecule has 1 rings (SSSR count). The fourth-order valence-electron chi connectivity index (χ4n) is 2.13. The van der Waals surface area contributed by atoms with E-state index in [1.165, 1.54) is 24.0 Å². The molecule has 0 saturated heterocycles. The zero-order chi connectivity index (χ0) is 13.6. The molecule has 2 heteroatoms. The van der Waals surface area contributed by atoms with Gasteiger partial charge in [-0.25, -0.2) is 0 Å². The number of benzene rings is 1. The second-order valence-electron chi connectivity index (χ2n) is 5.85. The fourth-order valence-corrected chi connectivity index (χ4v) is 2.13. The SMILES string of the molecule is CNCCCCc1ccc(OC)c(C(C)(C)C)c1. The van der Waals surface area contributed by atoms with E-state index in [2.05, 4.69) is 44.3 Å². The van der Waals surface area contributed by atoms with Crippen molar-refractivity contribution in [2.75, 3.05) is 20.7 Å². The van der Waals surface area contributed by atoms with Crippen LogP contribution in [0, 0.1) is 0 Å². The van der Waals surface area contributed by atoms with E-state index in [0.29, 0.717) is 0 Å². The highest BCUT2D eigenvalue weighted by Crippen LogP contribution is 2.32. The molecule has 0 bridgehead atoms. The summed E-state index contributed by atoms with van der Waals surface area (Å²) in [5.41, 5.74) is 2.85. The normalized spacial score (nSPS) is 11.6. The van der Waals surface area contributed by atoms with E-state index < -0.39 is 0 Å². The second kappa shape index (κ2) is 6.79. The molecule has 0 aliphatic rings. The van der Waals surface area contributed by atoms with E-state index in [9.17, 15) is 0 Å². The molecule has 1 aromatic rings. The van der Waals surface area contributed by atoms with Gasteiger partial charge in [-0.1, -0.05) is 32.9 Å². The van der Waals surface area contributed by atoms with Crippen LogP contribution >= 0.6 is 0 Å². The summed E-state index contributed by atoms with van der Waals surface area (Å²) in [6.45, 7) is 7.79. The molecule has 0 saturated carbocycles. The first kappa shape index (κ1) is 15.0. The topological polar surface area (TPSA) is 21.3 Å². The smallest absolute Gasteiger partial charge is 0.122 e. The molecule has 0 amide bonds. The summed E-state index contributed by atoms with van der Waals surface area (Å²) in [7, 11) is 3.75. The maximum atomic E-state index is 5.46. The molecule has 0 aromatic heterocycles. The Bertz CT molecular complexity index is 366. The summed E-state index contributed by atoms with van der Waals surface area (Å²) in [5.74, 6) is 1.00. The van der Waals surface area contributed by atoms with Gasteiger partial charge in [0.05, 0.1) is 7.11 Å². The van der Waals surface area contributed by atoms with Crippen LogP contribution in [0.1, 0.15) is 44.7 Å². The lowest BCUT2D eigenvalue weighted by Gasteiger charge is -2.23. The molecule has 0 spiro atoms. The van der Waals surface area contributed by atoms with Crippen LogP contribution in [0.3, 0.4) is 0 Å². The average Bonchev–Trinajstić information content (AvgIpc) is 2.33. The molecule has 0 aliphatic heterocycles. The van der Waals surface area contributed by atoms with Gasteiger partial charge in [-0.15, -0.1) is 0 Å². The highest BCUT2D eigenvalue weighted by Gasteiger charge is 2.18. The molecule has 0 aliphatic carbocycles. The Morgan fingerprint density at radius 3 is 2.44 bits per heavy atom. The lowest BCUT2D eigenvalue weighted by molar-refractivity contribution is 0.397. The van der Waals surface area contributed by atoms with E-state index in [-0.39, 0.29) is 5.41 Å². The van der Waals surface area contributed by atoms with Crippen molar-refractivity contribution in [2.45, 2.75) is 45.4 Å². The maximum Gasteiger partial charge on any atom is 0.122 e. The summed E-state index contributed by atoms with van der Waals surface area (Å²) in [4.78, 5) is 0. The third-order valence-electron chi connectivity index (χ3n) is 3.21. The van der Waals surface area contributed by atoms with Gasteiger partial charge in [0.1, 0.15) is 5.75 Å². The Kier molecular flexibility index (Phi) is 5.67. The van der Waals surface area contributed by atoms with Crippen LogP contribution in [0.25, 0.3) is 0 Å². The molecule has 102 valence electrons. The van der Waals surface area contributed by atoms with Crippen LogP contribution in [0.5, 0.6) is 5.75 Å². The van der Waals surface area contributed by atoms with Gasteiger partial charge in [-0.3, -0.25) is 0 Å². The van der Waals surface area contributed by atoms with Crippen molar-refractivity contribution in [3.63, 3.8) is 0 Å². The number of rotatable bonds is 6. The first-order valence-corrected chi connectivity index (χ1v) is 6.81. The predicted molar refractivity (Wildman–Crippen MR) is 78.6 cm³/mol. The minimum atomic E-state index is 0.131. The maximum absolute atomic E-state index is 5.46. The van der Waals surface area contributed by atoms with E-state index in [0.717, 1.165) is 18.7 Å². The predicted octanol–water partition coefficient (Wildman–Crippen LogP) is 3.53. The molecule has 0 unspecified atom stereocenters. The Labute approximate surface area is 112 Å². The van der Waals surface area contributed by atoms with Gasteiger partial charge in [-0.05, 0) is 55.5 Å². The molecule has 0 radical (unpaired) electrons. The summed E-state index contributed by atoms with van der Waals surface area (Å²) in [6, 6.07) is 6.60. The largest absolute Gasteiger partial charge is 0.496 e. The number of hydrogen-bond donors (Lipinski definition) is 1. The molecule has 0 heterocycles. The number of unbranched alkanes of at least 4 members (excludes halogenated alkanes) is 1. The van der Waals surface area contributed by atoms with Crippen molar-refractivity contribution < 1.29 is 4.74 Å². The van der Waals surface area contributed by atoms with E-state index >= 15 is 0 Å². The molecular weight excluding hydrogens is 222 g/mol. The van der Waals surface area contributed by atoms with E-state index in [1.54, 1.807) is 7.11 Å². The van der Waals surface area contributed by atoms with Crippen molar-refractivity contribution >= 4 is 0 Å². The number of methoxy groups -OCH3 is 1. The number of nitrogens with one attached hydrogen (secondary N) is 1. The molecule has 0 fully saturated rings. The number of aryl methyl sites for hydroxylation is 1. The average molecular weight is 249 g/mol. The first-order chi connectivity index (χ1) is 8.49. The zero-order valence-electron chi connectivity index (χ0n) is 12.5. The molecular formula is C16H27NO. The summed E-state index contributed by atoms with van der Waals surface area (Å²) in [6.07, 6.45) is 3.61. The van der Waals surface area contributed by atoms with Crippen LogP contribution in [-0.4, -0.2) is 20.7 Å². The highest BCUT2D eigenvalue weighted by atomic mass is 16.5. The minimum absolute atomic E-state index is 0.131. The fraction of sp³-hybridized carbons (Fsp3) is 0.625. The van der Waals surface area contributed by atoms with Gasteiger partial charge < -0.3 is 10.1 Å². The Hall–Kier alpha value is -1.02. The van der Waals surface area contributed by atoms with Gasteiger partial charge in [-0.2, -0.15) is 0 Å². The molecule has 1 aromatic carbocycles. The van der Waals surface area contributed by atoms with Crippen molar-refractivity contribution in [2.24, 2.45) is 0 Å². The molecule has 0 atom stereocenters. The zero-order valence-corrected chi connectivity index (χ0v) is 12.5. The Morgan fingerprint density at radius 2 is 1.89 bits per heavy atom. The quantitative estimate of drug-likeness (QED) is 0.779. The van der Waals surface area contributed by atoms with Gasteiger partial charge in [0, 0.05) is 0 Å². The Morgan fingerprint density at radius 1 is 1.17 bits per heavy atom. The van der Waals surface area contributed by atoms with Crippen LogP contribution in [-0.2, 0) is 11.8 Å². The minimum Gasteiger partial charge on any atom is -0.496 e. The lowest BCUT2D eigenvalue weighted by atomic mass is 9.85. The Balaban J connectivity index is 2.77. The van der Waals surface area contributed by atoms with Crippen LogP contribution in [0.2, 0.25) is 0 Å². The van der Waals surface area contributed by atoms with Crippen LogP contribution in [0.4, 0.5) is 0 Å². The van der Waals surface area contributed by atoms with Crippen LogP contribution in [0.15, 0.2) is 18.2 Å². The van der Waals surface area contributed by atoms with Gasteiger partial charge in [0.25, 0.3) is 0 Å². The van der Waals surface area contributed by atoms with Crippen molar-refractivity contribution in [1.29, 1.82) is 0 Å². The van der Waals surface area contributed by atoms with Crippen molar-refractivity contribution in [3.05, 3.63) is 29.3 Å². The third kappa shape index (κ3) is 4.34. The summed E-state index contributed by atoms with van der Waals surface area (Å²) < 4.78 is 5.46. The van der Waals surface area contributed by atoms with E-state index in [1.807, 2.05) is 7.05 Å².